The molecular weight excluding hydrogens is 210 g/mol. The second-order valence-electron chi connectivity index (χ2n) is 3.37. The van der Waals surface area contributed by atoms with Crippen molar-refractivity contribution in [1.82, 2.24) is 0 Å². The van der Waals surface area contributed by atoms with Crippen molar-refractivity contribution in [3.05, 3.63) is 35.9 Å². The minimum Gasteiger partial charge on any atom is -0.377 e. The van der Waals surface area contributed by atoms with Crippen LogP contribution in [0.3, 0.4) is 0 Å². The van der Waals surface area contributed by atoms with Gasteiger partial charge in [0, 0.05) is 6.42 Å². The van der Waals surface area contributed by atoms with Gasteiger partial charge in [-0.05, 0) is 18.4 Å². The molecule has 0 aliphatic rings. The first-order valence-electron chi connectivity index (χ1n) is 5.07. The number of hydrogen-bond acceptors (Lipinski definition) is 1. The van der Waals surface area contributed by atoms with Gasteiger partial charge in [0.05, 0.1) is 13.2 Å². The van der Waals surface area contributed by atoms with Crippen LogP contribution in [0, 0.1) is 11.8 Å². The van der Waals surface area contributed by atoms with Crippen LogP contribution in [-0.4, -0.2) is 12.5 Å². The Morgan fingerprint density at radius 1 is 1.25 bits per heavy atom. The van der Waals surface area contributed by atoms with Crippen molar-refractivity contribution in [1.29, 1.82) is 0 Å². The van der Waals surface area contributed by atoms with E-state index in [4.69, 9.17) is 4.74 Å². The summed E-state index contributed by atoms with van der Waals surface area (Å²) in [7, 11) is 0. The summed E-state index contributed by atoms with van der Waals surface area (Å²) in [5.74, 6) is 1.13. The van der Waals surface area contributed by atoms with E-state index in [0.717, 1.165) is 5.56 Å². The maximum atomic E-state index is 12.9. The number of alkyl halides is 2. The zero-order valence-electron chi connectivity index (χ0n) is 9.17. The lowest BCUT2D eigenvalue weighted by Gasteiger charge is -2.09. The Hall–Kier alpha value is -1.40. The molecule has 16 heavy (non-hydrogen) atoms. The lowest BCUT2D eigenvalue weighted by atomic mass is 10.2. The van der Waals surface area contributed by atoms with Crippen molar-refractivity contribution in [2.24, 2.45) is 0 Å². The Balaban J connectivity index is 2.24. The van der Waals surface area contributed by atoms with Crippen LogP contribution in [0.1, 0.15) is 18.9 Å². The minimum atomic E-state index is -2.94. The summed E-state index contributed by atoms with van der Waals surface area (Å²) in [6, 6.07) is 9.45. The molecule has 0 N–H and O–H groups in total. The third-order valence-electron chi connectivity index (χ3n) is 1.98. The van der Waals surface area contributed by atoms with Crippen LogP contribution in [0.2, 0.25) is 0 Å². The molecule has 1 nitrogen and oxygen atoms in total. The standard InChI is InChI=1S/C13H14F2O/c1-2-8-13(14,15)9-10-16-11-12-6-4-3-5-7-12/h3-7H,9-11H2,1H3. The van der Waals surface area contributed by atoms with E-state index in [2.05, 4.69) is 5.92 Å². The number of halogens is 2. The molecule has 0 bridgehead atoms. The lowest BCUT2D eigenvalue weighted by Crippen LogP contribution is -2.16. The fourth-order valence-electron chi connectivity index (χ4n) is 1.21. The Bertz CT molecular complexity index is 363. The van der Waals surface area contributed by atoms with Crippen molar-refractivity contribution in [3.8, 4) is 11.8 Å². The van der Waals surface area contributed by atoms with Crippen LogP contribution >= 0.6 is 0 Å². The molecule has 3 heteroatoms. The molecule has 0 aliphatic carbocycles. The molecule has 86 valence electrons. The van der Waals surface area contributed by atoms with Crippen molar-refractivity contribution in [2.75, 3.05) is 6.61 Å². The summed E-state index contributed by atoms with van der Waals surface area (Å²) < 4.78 is 30.9. The summed E-state index contributed by atoms with van der Waals surface area (Å²) in [5.41, 5.74) is 0.979. The van der Waals surface area contributed by atoms with Crippen molar-refractivity contribution < 1.29 is 13.5 Å². The van der Waals surface area contributed by atoms with Gasteiger partial charge in [0.2, 0.25) is 0 Å². The highest BCUT2D eigenvalue weighted by molar-refractivity contribution is 5.13. The molecule has 1 rings (SSSR count). The quantitative estimate of drug-likeness (QED) is 0.551. The molecule has 0 atom stereocenters. The van der Waals surface area contributed by atoms with Crippen molar-refractivity contribution in [3.63, 3.8) is 0 Å². The van der Waals surface area contributed by atoms with Crippen LogP contribution in [0.4, 0.5) is 8.78 Å². The van der Waals surface area contributed by atoms with Crippen LogP contribution < -0.4 is 0 Å². The van der Waals surface area contributed by atoms with E-state index >= 15 is 0 Å². The Morgan fingerprint density at radius 2 is 1.94 bits per heavy atom. The van der Waals surface area contributed by atoms with Crippen molar-refractivity contribution >= 4 is 0 Å². The van der Waals surface area contributed by atoms with Crippen LogP contribution in [0.15, 0.2) is 30.3 Å². The molecule has 0 aliphatic heterocycles. The number of ether oxygens (including phenoxy) is 1. The monoisotopic (exact) mass is 224 g/mol. The fourth-order valence-corrected chi connectivity index (χ4v) is 1.21. The molecule has 0 fully saturated rings. The zero-order chi connectivity index (χ0) is 11.9. The summed E-state index contributed by atoms with van der Waals surface area (Å²) >= 11 is 0. The highest BCUT2D eigenvalue weighted by atomic mass is 19.3. The average molecular weight is 224 g/mol. The molecule has 1 aromatic carbocycles. The van der Waals surface area contributed by atoms with Gasteiger partial charge in [-0.15, -0.1) is 5.92 Å². The Morgan fingerprint density at radius 3 is 2.56 bits per heavy atom. The van der Waals surface area contributed by atoms with E-state index in [1.54, 1.807) is 0 Å². The normalized spacial score (nSPS) is 10.7. The van der Waals surface area contributed by atoms with E-state index in [-0.39, 0.29) is 13.0 Å². The highest BCUT2D eigenvalue weighted by Gasteiger charge is 2.24. The molecular formula is C13H14F2O. The average Bonchev–Trinajstić information content (AvgIpc) is 2.26. The van der Waals surface area contributed by atoms with Gasteiger partial charge in [0.25, 0.3) is 0 Å². The maximum Gasteiger partial charge on any atom is 0.310 e. The van der Waals surface area contributed by atoms with Gasteiger partial charge in [-0.25, -0.2) is 0 Å². The van der Waals surface area contributed by atoms with Gasteiger partial charge >= 0.3 is 5.92 Å². The predicted molar refractivity (Wildman–Crippen MR) is 59.1 cm³/mol. The summed E-state index contributed by atoms with van der Waals surface area (Å²) in [6.45, 7) is 1.77. The molecule has 0 radical (unpaired) electrons. The number of rotatable bonds is 5. The van der Waals surface area contributed by atoms with E-state index in [1.165, 1.54) is 6.92 Å². The summed E-state index contributed by atoms with van der Waals surface area (Å²) in [6.07, 6.45) is -0.360. The zero-order valence-corrected chi connectivity index (χ0v) is 9.17. The van der Waals surface area contributed by atoms with Gasteiger partial charge in [-0.1, -0.05) is 30.3 Å². The Kier molecular flexibility index (Phi) is 4.94. The SMILES string of the molecule is CC#CC(F)(F)CCOCc1ccccc1. The largest absolute Gasteiger partial charge is 0.377 e. The molecule has 0 spiro atoms. The summed E-state index contributed by atoms with van der Waals surface area (Å²) in [4.78, 5) is 0. The molecule has 1 aromatic rings. The molecule has 0 amide bonds. The molecule has 0 heterocycles. The third kappa shape index (κ3) is 4.90. The minimum absolute atomic E-state index is 0.0105. The highest BCUT2D eigenvalue weighted by Crippen LogP contribution is 2.17. The maximum absolute atomic E-state index is 12.9. The smallest absolute Gasteiger partial charge is 0.310 e. The third-order valence-corrected chi connectivity index (χ3v) is 1.98. The van der Waals surface area contributed by atoms with E-state index in [9.17, 15) is 8.78 Å². The van der Waals surface area contributed by atoms with Gasteiger partial charge in [-0.3, -0.25) is 0 Å². The Labute approximate surface area is 94.4 Å². The topological polar surface area (TPSA) is 9.23 Å². The van der Waals surface area contributed by atoms with Gasteiger partial charge in [-0.2, -0.15) is 8.78 Å². The van der Waals surface area contributed by atoms with Crippen LogP contribution in [0.5, 0.6) is 0 Å². The first-order chi connectivity index (χ1) is 7.64. The number of benzene rings is 1. The fraction of sp³-hybridized carbons (Fsp3) is 0.385. The van der Waals surface area contributed by atoms with Crippen molar-refractivity contribution in [2.45, 2.75) is 25.9 Å². The van der Waals surface area contributed by atoms with E-state index in [1.807, 2.05) is 36.3 Å². The van der Waals surface area contributed by atoms with E-state index in [0.29, 0.717) is 6.61 Å². The molecule has 0 aromatic heterocycles. The van der Waals surface area contributed by atoms with Crippen LogP contribution in [-0.2, 0) is 11.3 Å². The molecule has 0 saturated heterocycles. The second-order valence-corrected chi connectivity index (χ2v) is 3.37. The second kappa shape index (κ2) is 6.24. The van der Waals surface area contributed by atoms with Gasteiger partial charge in [0.1, 0.15) is 0 Å². The lowest BCUT2D eigenvalue weighted by molar-refractivity contribution is 0.0126. The molecule has 0 saturated carbocycles. The summed E-state index contributed by atoms with van der Waals surface area (Å²) in [5, 5.41) is 0. The predicted octanol–water partition coefficient (Wildman–Crippen LogP) is 3.25. The molecule has 0 unspecified atom stereocenters. The first kappa shape index (κ1) is 12.7. The first-order valence-corrected chi connectivity index (χ1v) is 5.07. The van der Waals surface area contributed by atoms with Crippen LogP contribution in [0.25, 0.3) is 0 Å². The number of hydrogen-bond donors (Lipinski definition) is 0. The van der Waals surface area contributed by atoms with Gasteiger partial charge in [0.15, 0.2) is 0 Å². The van der Waals surface area contributed by atoms with Gasteiger partial charge < -0.3 is 4.74 Å². The van der Waals surface area contributed by atoms with E-state index < -0.39 is 5.92 Å².